The van der Waals surface area contributed by atoms with E-state index >= 15 is 0 Å². The highest BCUT2D eigenvalue weighted by Gasteiger charge is 2.33. The summed E-state index contributed by atoms with van der Waals surface area (Å²) in [6.45, 7) is 0.932. The van der Waals surface area contributed by atoms with Crippen LogP contribution in [0.4, 0.5) is 13.2 Å². The Morgan fingerprint density at radius 3 is 2.79 bits per heavy atom. The molecule has 2 heterocycles. The average molecular weight is 276 g/mol. The lowest BCUT2D eigenvalue weighted by Gasteiger charge is -2.15. The number of nitrogens with two attached hydrogens (primary N) is 1. The fourth-order valence-corrected chi connectivity index (χ4v) is 1.86. The minimum atomic E-state index is -4.49. The van der Waals surface area contributed by atoms with E-state index in [1.54, 1.807) is 0 Å². The molecule has 1 atom stereocenters. The number of pyridine rings is 1. The van der Waals surface area contributed by atoms with Crippen LogP contribution in [0.15, 0.2) is 12.1 Å². The van der Waals surface area contributed by atoms with Crippen molar-refractivity contribution in [3.05, 3.63) is 23.4 Å². The Morgan fingerprint density at radius 2 is 2.21 bits per heavy atom. The van der Waals surface area contributed by atoms with Gasteiger partial charge in [-0.2, -0.15) is 13.2 Å². The first-order valence-corrected chi connectivity index (χ1v) is 6.02. The minimum Gasteiger partial charge on any atom is -0.475 e. The summed E-state index contributed by atoms with van der Waals surface area (Å²) in [6, 6.07) is 2.20. The summed E-state index contributed by atoms with van der Waals surface area (Å²) in [6.07, 6.45) is -2.79. The number of alkyl halides is 3. The Balaban J connectivity index is 2.11. The average Bonchev–Trinajstić information content (AvgIpc) is 2.88. The molecular formula is C12H15F3N2O2. The minimum absolute atomic E-state index is 0.0622. The van der Waals surface area contributed by atoms with Gasteiger partial charge in [-0.3, -0.25) is 0 Å². The first-order chi connectivity index (χ1) is 9.00. The van der Waals surface area contributed by atoms with Crippen LogP contribution in [-0.4, -0.2) is 24.3 Å². The van der Waals surface area contributed by atoms with Gasteiger partial charge in [-0.1, -0.05) is 6.07 Å². The normalized spacial score (nSPS) is 19.7. The van der Waals surface area contributed by atoms with Crippen molar-refractivity contribution in [2.24, 2.45) is 5.73 Å². The highest BCUT2D eigenvalue weighted by atomic mass is 19.4. The predicted octanol–water partition coefficient (Wildman–Crippen LogP) is 2.12. The maximum absolute atomic E-state index is 12.6. The summed E-state index contributed by atoms with van der Waals surface area (Å²) in [5.41, 5.74) is 4.93. The van der Waals surface area contributed by atoms with Crippen molar-refractivity contribution in [3.8, 4) is 5.88 Å². The van der Waals surface area contributed by atoms with Crippen molar-refractivity contribution < 1.29 is 22.6 Å². The van der Waals surface area contributed by atoms with E-state index in [-0.39, 0.29) is 25.1 Å². The summed E-state index contributed by atoms with van der Waals surface area (Å²) in [5.74, 6) is -0.0622. The summed E-state index contributed by atoms with van der Waals surface area (Å²) in [4.78, 5) is 3.49. The molecule has 1 aliphatic rings. The molecule has 0 spiro atoms. The lowest BCUT2D eigenvalue weighted by atomic mass is 10.2. The summed E-state index contributed by atoms with van der Waals surface area (Å²) in [7, 11) is 0. The highest BCUT2D eigenvalue weighted by molar-refractivity contribution is 5.29. The molecule has 4 nitrogen and oxygen atoms in total. The number of hydrogen-bond acceptors (Lipinski definition) is 4. The largest absolute Gasteiger partial charge is 0.475 e. The van der Waals surface area contributed by atoms with Crippen LogP contribution in [0, 0.1) is 0 Å². The van der Waals surface area contributed by atoms with Crippen LogP contribution in [0.3, 0.4) is 0 Å². The standard InChI is InChI=1S/C12H15F3N2O2/c13-12(14,15)10-4-3-8(6-16)11(17-10)19-7-9-2-1-5-18-9/h3-4,9H,1-2,5-7,16H2. The van der Waals surface area contributed by atoms with E-state index in [9.17, 15) is 13.2 Å². The van der Waals surface area contributed by atoms with Crippen molar-refractivity contribution in [3.63, 3.8) is 0 Å². The topological polar surface area (TPSA) is 57.4 Å². The first-order valence-electron chi connectivity index (χ1n) is 6.02. The summed E-state index contributed by atoms with van der Waals surface area (Å²) >= 11 is 0. The van der Waals surface area contributed by atoms with Crippen LogP contribution in [0.2, 0.25) is 0 Å². The molecule has 0 amide bonds. The van der Waals surface area contributed by atoms with Crippen molar-refractivity contribution >= 4 is 0 Å². The maximum Gasteiger partial charge on any atom is 0.433 e. The van der Waals surface area contributed by atoms with E-state index in [2.05, 4.69) is 4.98 Å². The third kappa shape index (κ3) is 3.57. The van der Waals surface area contributed by atoms with Crippen molar-refractivity contribution in [2.75, 3.05) is 13.2 Å². The number of halogens is 3. The van der Waals surface area contributed by atoms with Gasteiger partial charge in [-0.15, -0.1) is 0 Å². The number of ether oxygens (including phenoxy) is 2. The quantitative estimate of drug-likeness (QED) is 0.915. The molecule has 0 saturated carbocycles. The molecule has 2 rings (SSSR count). The molecule has 0 aromatic carbocycles. The van der Waals surface area contributed by atoms with Crippen LogP contribution >= 0.6 is 0 Å². The van der Waals surface area contributed by atoms with Gasteiger partial charge in [0.1, 0.15) is 12.3 Å². The Morgan fingerprint density at radius 1 is 1.42 bits per heavy atom. The van der Waals surface area contributed by atoms with Crippen LogP contribution < -0.4 is 10.5 Å². The molecule has 1 fully saturated rings. The molecule has 19 heavy (non-hydrogen) atoms. The van der Waals surface area contributed by atoms with Crippen LogP contribution in [0.1, 0.15) is 24.1 Å². The molecule has 1 aliphatic heterocycles. The van der Waals surface area contributed by atoms with Crippen LogP contribution in [0.5, 0.6) is 5.88 Å². The van der Waals surface area contributed by atoms with Gasteiger partial charge in [-0.25, -0.2) is 4.98 Å². The Labute approximate surface area is 108 Å². The van der Waals surface area contributed by atoms with E-state index in [0.29, 0.717) is 12.2 Å². The summed E-state index contributed by atoms with van der Waals surface area (Å²) < 4.78 is 48.4. The third-order valence-corrected chi connectivity index (χ3v) is 2.88. The molecule has 2 N–H and O–H groups in total. The molecule has 106 valence electrons. The Kier molecular flexibility index (Phi) is 4.26. The number of hydrogen-bond donors (Lipinski definition) is 1. The fourth-order valence-electron chi connectivity index (χ4n) is 1.86. The zero-order valence-electron chi connectivity index (χ0n) is 10.2. The monoisotopic (exact) mass is 276 g/mol. The van der Waals surface area contributed by atoms with Crippen molar-refractivity contribution in [1.29, 1.82) is 0 Å². The van der Waals surface area contributed by atoms with E-state index < -0.39 is 11.9 Å². The van der Waals surface area contributed by atoms with Gasteiger partial charge in [-0.05, 0) is 18.9 Å². The predicted molar refractivity (Wildman–Crippen MR) is 61.6 cm³/mol. The molecule has 1 saturated heterocycles. The Bertz CT molecular complexity index is 431. The molecule has 1 aromatic heterocycles. The molecular weight excluding hydrogens is 261 g/mol. The Hall–Kier alpha value is -1.34. The molecule has 1 aromatic rings. The number of aromatic nitrogens is 1. The van der Waals surface area contributed by atoms with Crippen LogP contribution in [0.25, 0.3) is 0 Å². The van der Waals surface area contributed by atoms with Crippen LogP contribution in [-0.2, 0) is 17.5 Å². The van der Waals surface area contributed by atoms with Gasteiger partial charge in [0.15, 0.2) is 0 Å². The van der Waals surface area contributed by atoms with Crippen molar-refractivity contribution in [2.45, 2.75) is 31.7 Å². The fraction of sp³-hybridized carbons (Fsp3) is 0.583. The molecule has 0 bridgehead atoms. The highest BCUT2D eigenvalue weighted by Crippen LogP contribution is 2.30. The molecule has 0 aliphatic carbocycles. The van der Waals surface area contributed by atoms with E-state index in [1.807, 2.05) is 0 Å². The van der Waals surface area contributed by atoms with E-state index in [1.165, 1.54) is 6.07 Å². The van der Waals surface area contributed by atoms with Gasteiger partial charge in [0.25, 0.3) is 0 Å². The van der Waals surface area contributed by atoms with Crippen molar-refractivity contribution in [1.82, 2.24) is 4.98 Å². The SMILES string of the molecule is NCc1ccc(C(F)(F)F)nc1OCC1CCCO1. The smallest absolute Gasteiger partial charge is 0.433 e. The molecule has 1 unspecified atom stereocenters. The second kappa shape index (κ2) is 5.75. The summed E-state index contributed by atoms with van der Waals surface area (Å²) in [5, 5.41) is 0. The second-order valence-electron chi connectivity index (χ2n) is 4.31. The van der Waals surface area contributed by atoms with Gasteiger partial charge < -0.3 is 15.2 Å². The van der Waals surface area contributed by atoms with Gasteiger partial charge in [0.05, 0.1) is 6.10 Å². The zero-order valence-corrected chi connectivity index (χ0v) is 10.2. The van der Waals surface area contributed by atoms with Gasteiger partial charge in [0, 0.05) is 18.7 Å². The second-order valence-corrected chi connectivity index (χ2v) is 4.31. The van der Waals surface area contributed by atoms with E-state index in [4.69, 9.17) is 15.2 Å². The first kappa shape index (κ1) is 14.1. The molecule has 7 heteroatoms. The number of nitrogens with zero attached hydrogens (tertiary/aromatic N) is 1. The lowest BCUT2D eigenvalue weighted by Crippen LogP contribution is -2.19. The van der Waals surface area contributed by atoms with E-state index in [0.717, 1.165) is 18.9 Å². The lowest BCUT2D eigenvalue weighted by molar-refractivity contribution is -0.141. The van der Waals surface area contributed by atoms with Gasteiger partial charge >= 0.3 is 6.18 Å². The maximum atomic E-state index is 12.6. The molecule has 0 radical (unpaired) electrons. The number of rotatable bonds is 4. The van der Waals surface area contributed by atoms with Gasteiger partial charge in [0.2, 0.25) is 5.88 Å². The zero-order chi connectivity index (χ0) is 13.9. The third-order valence-electron chi connectivity index (χ3n) is 2.88.